The zero-order valence-electron chi connectivity index (χ0n) is 15.0. The smallest absolute Gasteiger partial charge is 0.220 e. The molecule has 1 heterocycles. The van der Waals surface area contributed by atoms with Gasteiger partial charge >= 0.3 is 0 Å². The largest absolute Gasteiger partial charge is 0.412 e. The molecule has 0 fully saturated rings. The van der Waals surface area contributed by atoms with Gasteiger partial charge in [-0.05, 0) is 31.9 Å². The lowest BCUT2D eigenvalue weighted by atomic mass is 9.97. The number of nitrogens with one attached hydrogen (secondary N) is 1. The molecule has 2 rings (SSSR count). The van der Waals surface area contributed by atoms with Crippen LogP contribution in [0.5, 0.6) is 0 Å². The van der Waals surface area contributed by atoms with E-state index in [1.54, 1.807) is 6.92 Å². The average Bonchev–Trinajstić information content (AvgIpc) is 2.58. The van der Waals surface area contributed by atoms with Crippen LogP contribution in [0.1, 0.15) is 47.8 Å². The second-order valence-corrected chi connectivity index (χ2v) is 6.00. The lowest BCUT2D eigenvalue weighted by Gasteiger charge is -2.18. The molecule has 6 heteroatoms. The van der Waals surface area contributed by atoms with E-state index in [4.69, 9.17) is 5.73 Å². The predicted octanol–water partition coefficient (Wildman–Crippen LogP) is 2.12. The maximum atomic E-state index is 13.0. The lowest BCUT2D eigenvalue weighted by Crippen LogP contribution is -2.39. The van der Waals surface area contributed by atoms with Crippen LogP contribution in [0, 0.1) is 6.92 Å². The minimum Gasteiger partial charge on any atom is -0.412 e. The van der Waals surface area contributed by atoms with Crippen LogP contribution in [-0.4, -0.2) is 33.8 Å². The fourth-order valence-corrected chi connectivity index (χ4v) is 2.67. The molecule has 0 aliphatic heterocycles. The molecule has 136 valence electrons. The number of hydrogen-bond acceptors (Lipinski definition) is 5. The number of unbranched alkanes of at least 4 members (excludes halogenated alkanes) is 2. The van der Waals surface area contributed by atoms with E-state index in [1.807, 2.05) is 30.3 Å². The van der Waals surface area contributed by atoms with Gasteiger partial charge < -0.3 is 16.5 Å². The Balaban J connectivity index is 0.00000312. The summed E-state index contributed by atoms with van der Waals surface area (Å²) < 4.78 is 0. The Morgan fingerprint density at radius 2 is 1.96 bits per heavy atom. The first-order valence-electron chi connectivity index (χ1n) is 8.52. The van der Waals surface area contributed by atoms with Crippen molar-refractivity contribution in [3.63, 3.8) is 0 Å². The number of benzene rings is 1. The summed E-state index contributed by atoms with van der Waals surface area (Å²) in [6.07, 6.45) is 5.56. The first-order valence-corrected chi connectivity index (χ1v) is 8.52. The van der Waals surface area contributed by atoms with Crippen LogP contribution in [-0.2, 0) is 6.42 Å². The standard InChI is InChI=1S/C19H26N4O.H2O/c1-3-4-8-11-21-17(12-15-9-6-5-7-10-15)18(24)16-13-22-19(20)23-14(16)2;/h5-7,9-10,13,17,21H,3-4,8,11-12H2,1-2H3,(H2,20,22,23);1H2. The molecular formula is C19H28N4O2. The van der Waals surface area contributed by atoms with Crippen LogP contribution in [0.25, 0.3) is 0 Å². The molecule has 6 nitrogen and oxygen atoms in total. The Morgan fingerprint density at radius 3 is 2.60 bits per heavy atom. The Bertz CT molecular complexity index is 662. The number of hydrogen-bond donors (Lipinski definition) is 2. The van der Waals surface area contributed by atoms with Gasteiger partial charge in [-0.1, -0.05) is 50.1 Å². The number of nitrogen functional groups attached to an aromatic ring is 1. The zero-order chi connectivity index (χ0) is 17.4. The van der Waals surface area contributed by atoms with E-state index in [1.165, 1.54) is 6.20 Å². The molecule has 0 bridgehead atoms. The second-order valence-electron chi connectivity index (χ2n) is 6.00. The van der Waals surface area contributed by atoms with E-state index in [9.17, 15) is 4.79 Å². The number of aryl methyl sites for hydroxylation is 1. The number of aromatic nitrogens is 2. The molecule has 2 aromatic rings. The number of rotatable bonds is 9. The average molecular weight is 344 g/mol. The van der Waals surface area contributed by atoms with Crippen molar-refractivity contribution in [3.05, 3.63) is 53.3 Å². The minimum absolute atomic E-state index is 0. The number of nitrogens with two attached hydrogens (primary N) is 1. The fourth-order valence-electron chi connectivity index (χ4n) is 2.67. The Labute approximate surface area is 149 Å². The van der Waals surface area contributed by atoms with Gasteiger partial charge in [0.1, 0.15) is 0 Å². The SMILES string of the molecule is CCCCCNC(Cc1ccccc1)C(=O)c1cnc(N)nc1C.O. The predicted molar refractivity (Wildman–Crippen MR) is 101 cm³/mol. The highest BCUT2D eigenvalue weighted by atomic mass is 16.1. The molecule has 1 aromatic carbocycles. The number of carbonyl (C=O) groups is 1. The van der Waals surface area contributed by atoms with Crippen LogP contribution in [0.15, 0.2) is 36.5 Å². The zero-order valence-corrected chi connectivity index (χ0v) is 15.0. The van der Waals surface area contributed by atoms with Crippen LogP contribution < -0.4 is 11.1 Å². The quantitative estimate of drug-likeness (QED) is 0.534. The van der Waals surface area contributed by atoms with E-state index in [0.29, 0.717) is 17.7 Å². The molecule has 0 aliphatic carbocycles. The van der Waals surface area contributed by atoms with Crippen molar-refractivity contribution in [2.45, 2.75) is 45.6 Å². The fraction of sp³-hybridized carbons (Fsp3) is 0.421. The Morgan fingerprint density at radius 1 is 1.24 bits per heavy atom. The van der Waals surface area contributed by atoms with Crippen molar-refractivity contribution in [2.24, 2.45) is 0 Å². The van der Waals surface area contributed by atoms with Gasteiger partial charge in [0, 0.05) is 6.20 Å². The highest BCUT2D eigenvalue weighted by molar-refractivity contribution is 6.01. The van der Waals surface area contributed by atoms with Crippen molar-refractivity contribution in [2.75, 3.05) is 12.3 Å². The monoisotopic (exact) mass is 344 g/mol. The normalized spacial score (nSPS) is 11.6. The van der Waals surface area contributed by atoms with Gasteiger partial charge in [-0.3, -0.25) is 4.79 Å². The van der Waals surface area contributed by atoms with Crippen molar-refractivity contribution in [3.8, 4) is 0 Å². The molecular weight excluding hydrogens is 316 g/mol. The number of Topliss-reactive ketones (excluding diaryl/α,β-unsaturated/α-hetero) is 1. The molecule has 0 radical (unpaired) electrons. The van der Waals surface area contributed by atoms with E-state index in [0.717, 1.165) is 31.4 Å². The topological polar surface area (TPSA) is 112 Å². The molecule has 0 saturated carbocycles. The van der Waals surface area contributed by atoms with Gasteiger partial charge in [0.05, 0.1) is 17.3 Å². The summed E-state index contributed by atoms with van der Waals surface area (Å²) in [6.45, 7) is 4.79. The Hall–Kier alpha value is -2.31. The number of ketones is 1. The van der Waals surface area contributed by atoms with Gasteiger partial charge in [0.2, 0.25) is 5.95 Å². The van der Waals surface area contributed by atoms with Gasteiger partial charge in [0.15, 0.2) is 5.78 Å². The molecule has 1 aromatic heterocycles. The molecule has 0 aliphatic rings. The van der Waals surface area contributed by atoms with Crippen molar-refractivity contribution in [1.29, 1.82) is 0 Å². The second kappa shape index (κ2) is 10.5. The van der Waals surface area contributed by atoms with Crippen LogP contribution in [0.3, 0.4) is 0 Å². The van der Waals surface area contributed by atoms with Crippen LogP contribution in [0.2, 0.25) is 0 Å². The molecule has 5 N–H and O–H groups in total. The van der Waals surface area contributed by atoms with Crippen molar-refractivity contribution < 1.29 is 10.3 Å². The van der Waals surface area contributed by atoms with E-state index in [-0.39, 0.29) is 23.2 Å². The van der Waals surface area contributed by atoms with Gasteiger partial charge in [-0.25, -0.2) is 9.97 Å². The third-order valence-electron chi connectivity index (χ3n) is 4.03. The van der Waals surface area contributed by atoms with Gasteiger partial charge in [-0.2, -0.15) is 0 Å². The number of anilines is 1. The third-order valence-corrected chi connectivity index (χ3v) is 4.03. The Kier molecular flexibility index (Phi) is 8.74. The van der Waals surface area contributed by atoms with E-state index < -0.39 is 0 Å². The molecule has 1 atom stereocenters. The number of nitrogens with zero attached hydrogens (tertiary/aromatic N) is 2. The molecule has 25 heavy (non-hydrogen) atoms. The summed E-state index contributed by atoms with van der Waals surface area (Å²) in [7, 11) is 0. The van der Waals surface area contributed by atoms with Gasteiger partial charge in [-0.15, -0.1) is 0 Å². The summed E-state index contributed by atoms with van der Waals surface area (Å²) in [5.41, 5.74) is 7.89. The molecule has 0 saturated heterocycles. The maximum Gasteiger partial charge on any atom is 0.220 e. The van der Waals surface area contributed by atoms with Crippen molar-refractivity contribution >= 4 is 11.7 Å². The van der Waals surface area contributed by atoms with E-state index in [2.05, 4.69) is 22.2 Å². The van der Waals surface area contributed by atoms with E-state index >= 15 is 0 Å². The summed E-state index contributed by atoms with van der Waals surface area (Å²) in [5.74, 6) is 0.215. The molecule has 1 unspecified atom stereocenters. The highest BCUT2D eigenvalue weighted by Gasteiger charge is 2.22. The molecule has 0 amide bonds. The summed E-state index contributed by atoms with van der Waals surface area (Å²) >= 11 is 0. The van der Waals surface area contributed by atoms with Crippen LogP contribution in [0.4, 0.5) is 5.95 Å². The summed E-state index contributed by atoms with van der Waals surface area (Å²) in [6, 6.07) is 9.76. The van der Waals surface area contributed by atoms with Gasteiger partial charge in [0.25, 0.3) is 0 Å². The molecule has 0 spiro atoms. The summed E-state index contributed by atoms with van der Waals surface area (Å²) in [4.78, 5) is 21.1. The first-order chi connectivity index (χ1) is 11.6. The number of carbonyl (C=O) groups excluding carboxylic acids is 1. The first kappa shape index (κ1) is 20.7. The lowest BCUT2D eigenvalue weighted by molar-refractivity contribution is 0.0941. The van der Waals surface area contributed by atoms with Crippen molar-refractivity contribution in [1.82, 2.24) is 15.3 Å². The van der Waals surface area contributed by atoms with Crippen LogP contribution >= 0.6 is 0 Å². The minimum atomic E-state index is -0.282. The maximum absolute atomic E-state index is 13.0. The summed E-state index contributed by atoms with van der Waals surface area (Å²) in [5, 5.41) is 3.41. The third kappa shape index (κ3) is 6.25. The highest BCUT2D eigenvalue weighted by Crippen LogP contribution is 2.12.